The molecule has 1 atom stereocenters. The van der Waals surface area contributed by atoms with E-state index in [1.165, 1.54) is 0 Å². The van der Waals surface area contributed by atoms with Gasteiger partial charge in [0, 0.05) is 51.5 Å². The Hall–Kier alpha value is -2.08. The molecule has 2 amide bonds. The molecule has 1 aromatic rings. The summed E-state index contributed by atoms with van der Waals surface area (Å²) in [7, 11) is 3.94. The predicted octanol–water partition coefficient (Wildman–Crippen LogP) is 0.384. The van der Waals surface area contributed by atoms with Gasteiger partial charge in [0.1, 0.15) is 0 Å². The standard InChI is InChI=1S/C16H24N4O2/c1-12(15(17)21)19-8-10-20(11-9-19)16(22)13-4-6-14(7-5-13)18(2)3/h4-7,12H,8-11H2,1-3H3,(H2,17,21). The number of anilines is 1. The summed E-state index contributed by atoms with van der Waals surface area (Å²) in [5.74, 6) is -0.282. The van der Waals surface area contributed by atoms with E-state index in [0.29, 0.717) is 31.7 Å². The maximum atomic E-state index is 12.5. The SMILES string of the molecule is CC(C(N)=O)N1CCN(C(=O)c2ccc(N(C)C)cc2)CC1. The molecule has 0 aromatic heterocycles. The van der Waals surface area contributed by atoms with Crippen molar-refractivity contribution in [1.29, 1.82) is 0 Å². The molecular weight excluding hydrogens is 280 g/mol. The Morgan fingerprint density at radius 2 is 1.64 bits per heavy atom. The summed E-state index contributed by atoms with van der Waals surface area (Å²) in [6.45, 7) is 4.38. The normalized spacial score (nSPS) is 17.1. The first kappa shape index (κ1) is 16.3. The number of carbonyl (C=O) groups excluding carboxylic acids is 2. The van der Waals surface area contributed by atoms with Gasteiger partial charge in [0.05, 0.1) is 6.04 Å². The topological polar surface area (TPSA) is 69.9 Å². The Bertz CT molecular complexity index is 534. The quantitative estimate of drug-likeness (QED) is 0.873. The minimum absolute atomic E-state index is 0.0386. The van der Waals surface area contributed by atoms with Gasteiger partial charge in [-0.3, -0.25) is 14.5 Å². The predicted molar refractivity (Wildman–Crippen MR) is 86.9 cm³/mol. The van der Waals surface area contributed by atoms with Crippen LogP contribution in [-0.2, 0) is 4.79 Å². The van der Waals surface area contributed by atoms with Crippen molar-refractivity contribution in [3.63, 3.8) is 0 Å². The molecule has 1 aliphatic heterocycles. The molecule has 2 rings (SSSR count). The average molecular weight is 304 g/mol. The summed E-state index contributed by atoms with van der Waals surface area (Å²) in [5.41, 5.74) is 7.09. The molecule has 1 unspecified atom stereocenters. The van der Waals surface area contributed by atoms with E-state index >= 15 is 0 Å². The Morgan fingerprint density at radius 3 is 2.09 bits per heavy atom. The number of nitrogens with two attached hydrogens (primary N) is 1. The number of nitrogens with zero attached hydrogens (tertiary/aromatic N) is 3. The molecule has 1 saturated heterocycles. The zero-order chi connectivity index (χ0) is 16.3. The summed E-state index contributed by atoms with van der Waals surface area (Å²) >= 11 is 0. The highest BCUT2D eigenvalue weighted by atomic mass is 16.2. The third-order valence-electron chi connectivity index (χ3n) is 4.19. The Morgan fingerprint density at radius 1 is 1.09 bits per heavy atom. The number of hydrogen-bond donors (Lipinski definition) is 1. The van der Waals surface area contributed by atoms with Crippen molar-refractivity contribution in [1.82, 2.24) is 9.80 Å². The Labute approximate surface area is 131 Å². The second kappa shape index (κ2) is 6.79. The van der Waals surface area contributed by atoms with Crippen LogP contribution >= 0.6 is 0 Å². The van der Waals surface area contributed by atoms with Crippen molar-refractivity contribution < 1.29 is 9.59 Å². The zero-order valence-corrected chi connectivity index (χ0v) is 13.5. The van der Waals surface area contributed by atoms with E-state index in [4.69, 9.17) is 5.73 Å². The lowest BCUT2D eigenvalue weighted by Gasteiger charge is -2.37. The van der Waals surface area contributed by atoms with Crippen LogP contribution in [0, 0.1) is 0 Å². The van der Waals surface area contributed by atoms with E-state index in [1.54, 1.807) is 6.92 Å². The molecule has 1 aromatic carbocycles. The van der Waals surface area contributed by atoms with Gasteiger partial charge in [-0.2, -0.15) is 0 Å². The van der Waals surface area contributed by atoms with Crippen molar-refractivity contribution in [3.05, 3.63) is 29.8 Å². The van der Waals surface area contributed by atoms with Gasteiger partial charge < -0.3 is 15.5 Å². The van der Waals surface area contributed by atoms with Crippen LogP contribution in [0.4, 0.5) is 5.69 Å². The summed E-state index contributed by atoms with van der Waals surface area (Å²) < 4.78 is 0. The molecule has 0 spiro atoms. The van der Waals surface area contributed by atoms with Crippen molar-refractivity contribution in [2.24, 2.45) is 5.73 Å². The summed E-state index contributed by atoms with van der Waals surface area (Å²) in [4.78, 5) is 29.6. The molecule has 0 bridgehead atoms. The monoisotopic (exact) mass is 304 g/mol. The van der Waals surface area contributed by atoms with Crippen molar-refractivity contribution in [2.75, 3.05) is 45.2 Å². The van der Waals surface area contributed by atoms with Crippen LogP contribution in [0.2, 0.25) is 0 Å². The van der Waals surface area contributed by atoms with Crippen LogP contribution in [-0.4, -0.2) is 67.9 Å². The number of carbonyl (C=O) groups is 2. The summed E-state index contributed by atoms with van der Waals surface area (Å²) in [5, 5.41) is 0. The molecule has 1 heterocycles. The van der Waals surface area contributed by atoms with Gasteiger partial charge in [0.2, 0.25) is 5.91 Å². The minimum atomic E-state index is -0.320. The van der Waals surface area contributed by atoms with E-state index in [2.05, 4.69) is 0 Å². The lowest BCUT2D eigenvalue weighted by Crippen LogP contribution is -2.54. The molecule has 2 N–H and O–H groups in total. The molecule has 0 radical (unpaired) electrons. The lowest BCUT2D eigenvalue weighted by atomic mass is 10.1. The van der Waals surface area contributed by atoms with Crippen molar-refractivity contribution in [3.8, 4) is 0 Å². The van der Waals surface area contributed by atoms with Crippen LogP contribution < -0.4 is 10.6 Å². The van der Waals surface area contributed by atoms with Crippen LogP contribution in [0.3, 0.4) is 0 Å². The second-order valence-electron chi connectivity index (χ2n) is 5.85. The van der Waals surface area contributed by atoms with Crippen molar-refractivity contribution >= 4 is 17.5 Å². The second-order valence-corrected chi connectivity index (χ2v) is 5.85. The zero-order valence-electron chi connectivity index (χ0n) is 13.5. The average Bonchev–Trinajstić information content (AvgIpc) is 2.53. The number of rotatable bonds is 4. The molecule has 1 fully saturated rings. The van der Waals surface area contributed by atoms with Crippen molar-refractivity contribution in [2.45, 2.75) is 13.0 Å². The molecule has 120 valence electrons. The fraction of sp³-hybridized carbons (Fsp3) is 0.500. The number of amides is 2. The number of hydrogen-bond acceptors (Lipinski definition) is 4. The van der Waals surface area contributed by atoms with Crippen LogP contribution in [0.1, 0.15) is 17.3 Å². The summed E-state index contributed by atoms with van der Waals surface area (Å²) in [6.07, 6.45) is 0. The van der Waals surface area contributed by atoms with Crippen LogP contribution in [0.5, 0.6) is 0 Å². The number of piperazine rings is 1. The van der Waals surface area contributed by atoms with E-state index in [1.807, 2.05) is 53.1 Å². The minimum Gasteiger partial charge on any atom is -0.378 e. The molecular formula is C16H24N4O2. The van der Waals surface area contributed by atoms with Gasteiger partial charge in [-0.15, -0.1) is 0 Å². The van der Waals surface area contributed by atoms with Crippen LogP contribution in [0.15, 0.2) is 24.3 Å². The highest BCUT2D eigenvalue weighted by molar-refractivity contribution is 5.94. The maximum Gasteiger partial charge on any atom is 0.253 e. The summed E-state index contributed by atoms with van der Waals surface area (Å²) in [6, 6.07) is 7.32. The van der Waals surface area contributed by atoms with Gasteiger partial charge in [0.15, 0.2) is 0 Å². The van der Waals surface area contributed by atoms with E-state index < -0.39 is 0 Å². The smallest absolute Gasteiger partial charge is 0.253 e. The molecule has 0 aliphatic carbocycles. The van der Waals surface area contributed by atoms with Gasteiger partial charge in [-0.05, 0) is 31.2 Å². The Balaban J connectivity index is 1.96. The first-order valence-corrected chi connectivity index (χ1v) is 7.50. The third-order valence-corrected chi connectivity index (χ3v) is 4.19. The number of primary amides is 1. The number of benzene rings is 1. The maximum absolute atomic E-state index is 12.5. The fourth-order valence-corrected chi connectivity index (χ4v) is 2.58. The first-order chi connectivity index (χ1) is 10.4. The highest BCUT2D eigenvalue weighted by Gasteiger charge is 2.26. The molecule has 1 aliphatic rings. The molecule has 6 nitrogen and oxygen atoms in total. The van der Waals surface area contributed by atoms with Gasteiger partial charge >= 0.3 is 0 Å². The first-order valence-electron chi connectivity index (χ1n) is 7.50. The molecule has 6 heteroatoms. The largest absolute Gasteiger partial charge is 0.378 e. The van der Waals surface area contributed by atoms with E-state index in [-0.39, 0.29) is 17.9 Å². The highest BCUT2D eigenvalue weighted by Crippen LogP contribution is 2.15. The van der Waals surface area contributed by atoms with Crippen LogP contribution in [0.25, 0.3) is 0 Å². The molecule has 22 heavy (non-hydrogen) atoms. The lowest BCUT2D eigenvalue weighted by molar-refractivity contribution is -0.123. The molecule has 0 saturated carbocycles. The van der Waals surface area contributed by atoms with Gasteiger partial charge in [-0.1, -0.05) is 0 Å². The fourth-order valence-electron chi connectivity index (χ4n) is 2.58. The third kappa shape index (κ3) is 3.57. The van der Waals surface area contributed by atoms with Gasteiger partial charge in [-0.25, -0.2) is 0 Å². The Kier molecular flexibility index (Phi) is 5.03. The van der Waals surface area contributed by atoms with Gasteiger partial charge in [0.25, 0.3) is 5.91 Å². The van der Waals surface area contributed by atoms with E-state index in [9.17, 15) is 9.59 Å². The van der Waals surface area contributed by atoms with E-state index in [0.717, 1.165) is 5.69 Å².